The number of hydrogen-bond acceptors (Lipinski definition) is 5. The summed E-state index contributed by atoms with van der Waals surface area (Å²) in [4.78, 5) is 12.5. The number of carbonyl (C=O) groups excluding carboxylic acids is 1. The fourth-order valence-corrected chi connectivity index (χ4v) is 4.61. The van der Waals surface area contributed by atoms with Crippen LogP contribution < -0.4 is 10.1 Å². The molecule has 0 unspecified atom stereocenters. The van der Waals surface area contributed by atoms with Crippen LogP contribution in [0, 0.1) is 0 Å². The summed E-state index contributed by atoms with van der Waals surface area (Å²) in [5, 5.41) is 12.7. The number of benzene rings is 2. The van der Waals surface area contributed by atoms with Gasteiger partial charge in [0, 0.05) is 23.4 Å². The van der Waals surface area contributed by atoms with Gasteiger partial charge in [0.1, 0.15) is 11.6 Å². The van der Waals surface area contributed by atoms with Crippen molar-refractivity contribution in [1.82, 2.24) is 14.8 Å². The average molecular weight is 423 g/mol. The second kappa shape index (κ2) is 9.80. The van der Waals surface area contributed by atoms with Gasteiger partial charge >= 0.3 is 0 Å². The van der Waals surface area contributed by atoms with Crippen LogP contribution in [0.25, 0.3) is 5.69 Å². The van der Waals surface area contributed by atoms with E-state index < -0.39 is 0 Å². The van der Waals surface area contributed by atoms with Gasteiger partial charge in [0.15, 0.2) is 5.16 Å². The van der Waals surface area contributed by atoms with E-state index >= 15 is 0 Å². The number of amides is 1. The molecule has 0 saturated heterocycles. The summed E-state index contributed by atoms with van der Waals surface area (Å²) in [6.45, 7) is 0. The van der Waals surface area contributed by atoms with Crippen molar-refractivity contribution in [2.45, 2.75) is 43.2 Å². The Morgan fingerprint density at radius 1 is 1.10 bits per heavy atom. The lowest BCUT2D eigenvalue weighted by atomic mass is 9.88. The molecule has 0 bridgehead atoms. The lowest BCUT2D eigenvalue weighted by molar-refractivity contribution is -0.113. The van der Waals surface area contributed by atoms with Crippen molar-refractivity contribution >= 4 is 23.4 Å². The van der Waals surface area contributed by atoms with Crippen molar-refractivity contribution in [1.29, 1.82) is 0 Å². The fourth-order valence-electron chi connectivity index (χ4n) is 3.85. The van der Waals surface area contributed by atoms with Gasteiger partial charge in [0.05, 0.1) is 12.9 Å². The van der Waals surface area contributed by atoms with Crippen LogP contribution >= 0.6 is 11.8 Å². The normalized spacial score (nSPS) is 14.4. The molecule has 1 aliphatic carbocycles. The maximum Gasteiger partial charge on any atom is 0.234 e. The molecule has 1 aliphatic rings. The number of methoxy groups -OCH3 is 1. The average Bonchev–Trinajstić information content (AvgIpc) is 3.23. The maximum atomic E-state index is 12.5. The zero-order chi connectivity index (χ0) is 20.8. The number of nitrogens with zero attached hydrogens (tertiary/aromatic N) is 3. The number of carbonyl (C=O) groups is 1. The number of thioether (sulfide) groups is 1. The van der Waals surface area contributed by atoms with E-state index in [1.807, 2.05) is 36.4 Å². The Balaban J connectivity index is 1.50. The molecule has 1 saturated carbocycles. The molecule has 156 valence electrons. The molecule has 1 fully saturated rings. The lowest BCUT2D eigenvalue weighted by Crippen LogP contribution is -2.15. The van der Waals surface area contributed by atoms with Crippen molar-refractivity contribution < 1.29 is 9.53 Å². The van der Waals surface area contributed by atoms with E-state index in [0.29, 0.717) is 17.4 Å². The summed E-state index contributed by atoms with van der Waals surface area (Å²) in [6.07, 6.45) is 6.05. The number of rotatable bonds is 7. The highest BCUT2D eigenvalue weighted by atomic mass is 32.2. The van der Waals surface area contributed by atoms with Crippen LogP contribution in [0.2, 0.25) is 0 Å². The van der Waals surface area contributed by atoms with Crippen molar-refractivity contribution in [3.8, 4) is 11.4 Å². The Morgan fingerprint density at radius 2 is 1.90 bits per heavy atom. The second-order valence-electron chi connectivity index (χ2n) is 7.42. The molecule has 0 aliphatic heterocycles. The van der Waals surface area contributed by atoms with Gasteiger partial charge in [-0.15, -0.1) is 10.2 Å². The molecular formula is C23H26N4O2S. The van der Waals surface area contributed by atoms with Gasteiger partial charge in [0.25, 0.3) is 0 Å². The first kappa shape index (κ1) is 20.5. The maximum absolute atomic E-state index is 12.5. The van der Waals surface area contributed by atoms with Crippen LogP contribution in [0.4, 0.5) is 5.69 Å². The molecule has 1 amide bonds. The van der Waals surface area contributed by atoms with E-state index in [9.17, 15) is 4.79 Å². The van der Waals surface area contributed by atoms with Crippen molar-refractivity contribution in [3.63, 3.8) is 0 Å². The van der Waals surface area contributed by atoms with E-state index in [1.54, 1.807) is 13.2 Å². The fraction of sp³-hybridized carbons (Fsp3) is 0.348. The minimum atomic E-state index is -0.0879. The smallest absolute Gasteiger partial charge is 0.234 e. The van der Waals surface area contributed by atoms with Crippen LogP contribution in [0.15, 0.2) is 59.8 Å². The summed E-state index contributed by atoms with van der Waals surface area (Å²) in [5.41, 5.74) is 1.76. The molecule has 2 aromatic carbocycles. The van der Waals surface area contributed by atoms with Crippen LogP contribution in [-0.4, -0.2) is 33.5 Å². The van der Waals surface area contributed by atoms with E-state index in [-0.39, 0.29) is 11.7 Å². The third-order valence-electron chi connectivity index (χ3n) is 5.33. The quantitative estimate of drug-likeness (QED) is 0.539. The molecule has 1 heterocycles. The zero-order valence-electron chi connectivity index (χ0n) is 17.1. The molecule has 7 heteroatoms. The Kier molecular flexibility index (Phi) is 6.69. The van der Waals surface area contributed by atoms with Gasteiger partial charge in [-0.3, -0.25) is 9.36 Å². The number of aromatic nitrogens is 3. The van der Waals surface area contributed by atoms with Crippen molar-refractivity contribution in [3.05, 3.63) is 60.4 Å². The molecule has 0 atom stereocenters. The molecule has 4 rings (SSSR count). The van der Waals surface area contributed by atoms with E-state index in [4.69, 9.17) is 4.74 Å². The third-order valence-corrected chi connectivity index (χ3v) is 6.26. The van der Waals surface area contributed by atoms with Crippen LogP contribution in [0.5, 0.6) is 5.75 Å². The molecule has 0 spiro atoms. The van der Waals surface area contributed by atoms with Crippen LogP contribution in [-0.2, 0) is 4.79 Å². The van der Waals surface area contributed by atoms with Crippen molar-refractivity contribution in [2.24, 2.45) is 0 Å². The Hall–Kier alpha value is -2.80. The highest BCUT2D eigenvalue weighted by molar-refractivity contribution is 7.99. The minimum Gasteiger partial charge on any atom is -0.497 e. The number of anilines is 1. The number of hydrogen-bond donors (Lipinski definition) is 1. The summed E-state index contributed by atoms with van der Waals surface area (Å²) >= 11 is 1.41. The molecule has 6 nitrogen and oxygen atoms in total. The first-order valence-corrected chi connectivity index (χ1v) is 11.3. The molecule has 30 heavy (non-hydrogen) atoms. The summed E-state index contributed by atoms with van der Waals surface area (Å²) < 4.78 is 7.34. The van der Waals surface area contributed by atoms with Crippen molar-refractivity contribution in [2.75, 3.05) is 18.2 Å². The Bertz CT molecular complexity index is 984. The lowest BCUT2D eigenvalue weighted by Gasteiger charge is -2.22. The van der Waals surface area contributed by atoms with Gasteiger partial charge < -0.3 is 10.1 Å². The number of nitrogens with one attached hydrogen (secondary N) is 1. The van der Waals surface area contributed by atoms with Gasteiger partial charge in [-0.25, -0.2) is 0 Å². The van der Waals surface area contributed by atoms with E-state index in [0.717, 1.165) is 29.5 Å². The van der Waals surface area contributed by atoms with Gasteiger partial charge in [0.2, 0.25) is 5.91 Å². The largest absolute Gasteiger partial charge is 0.497 e. The standard InChI is InChI=1S/C23H26N4O2S/c1-29-20-14-8-11-18(15-20)24-21(28)16-30-23-26-25-22(17-9-4-2-5-10-17)27(23)19-12-6-3-7-13-19/h3,6-8,11-15,17H,2,4-5,9-10,16H2,1H3,(H,24,28). The zero-order valence-corrected chi connectivity index (χ0v) is 17.9. The van der Waals surface area contributed by atoms with Crippen LogP contribution in [0.1, 0.15) is 43.8 Å². The Morgan fingerprint density at radius 3 is 2.67 bits per heavy atom. The predicted molar refractivity (Wildman–Crippen MR) is 120 cm³/mol. The van der Waals surface area contributed by atoms with E-state index in [1.165, 1.54) is 31.0 Å². The molecule has 0 radical (unpaired) electrons. The predicted octanol–water partition coefficient (Wildman–Crippen LogP) is 5.05. The SMILES string of the molecule is COc1cccc(NC(=O)CSc2nnc(C3CCCCC3)n2-c2ccccc2)c1. The Labute approximate surface area is 181 Å². The molecular weight excluding hydrogens is 396 g/mol. The number of ether oxygens (including phenoxy) is 1. The number of para-hydroxylation sites is 1. The van der Waals surface area contributed by atoms with Gasteiger partial charge in [-0.1, -0.05) is 55.3 Å². The molecule has 3 aromatic rings. The van der Waals surface area contributed by atoms with Gasteiger partial charge in [-0.05, 0) is 37.1 Å². The molecule has 1 aromatic heterocycles. The first-order chi connectivity index (χ1) is 14.7. The topological polar surface area (TPSA) is 69.0 Å². The third kappa shape index (κ3) is 4.84. The minimum absolute atomic E-state index is 0.0879. The summed E-state index contributed by atoms with van der Waals surface area (Å²) in [6, 6.07) is 17.5. The van der Waals surface area contributed by atoms with E-state index in [2.05, 4.69) is 32.2 Å². The molecule has 1 N–H and O–H groups in total. The first-order valence-electron chi connectivity index (χ1n) is 10.3. The highest BCUT2D eigenvalue weighted by Crippen LogP contribution is 2.34. The highest BCUT2D eigenvalue weighted by Gasteiger charge is 2.24. The second-order valence-corrected chi connectivity index (χ2v) is 8.36. The monoisotopic (exact) mass is 422 g/mol. The summed E-state index contributed by atoms with van der Waals surface area (Å²) in [5.74, 6) is 2.31. The van der Waals surface area contributed by atoms with Gasteiger partial charge in [-0.2, -0.15) is 0 Å². The van der Waals surface area contributed by atoms with Crippen LogP contribution in [0.3, 0.4) is 0 Å². The summed E-state index contributed by atoms with van der Waals surface area (Å²) in [7, 11) is 1.61.